The summed E-state index contributed by atoms with van der Waals surface area (Å²) in [5.41, 5.74) is 13.8. The lowest BCUT2D eigenvalue weighted by Crippen LogP contribution is -2.24. The summed E-state index contributed by atoms with van der Waals surface area (Å²) >= 11 is 0. The quantitative estimate of drug-likeness (QED) is 0.124. The zero-order valence-electron chi connectivity index (χ0n) is 32.3. The highest BCUT2D eigenvalue weighted by atomic mass is 14.5. The van der Waals surface area contributed by atoms with Crippen LogP contribution >= 0.6 is 0 Å². The first-order chi connectivity index (χ1) is 27.3. The van der Waals surface area contributed by atoms with Crippen LogP contribution in [-0.2, 0) is 10.8 Å². The lowest BCUT2D eigenvalue weighted by Gasteiger charge is -2.29. The molecule has 3 aliphatic rings. The van der Waals surface area contributed by atoms with Crippen LogP contribution < -0.4 is 0 Å². The van der Waals surface area contributed by atoms with Gasteiger partial charge in [-0.05, 0) is 139 Å². The predicted octanol–water partition coefficient (Wildman–Crippen LogP) is 15.2. The van der Waals surface area contributed by atoms with Crippen LogP contribution in [0.15, 0.2) is 170 Å². The minimum absolute atomic E-state index is 0.0668. The molecule has 0 N–H and O–H groups in total. The van der Waals surface area contributed by atoms with Crippen LogP contribution in [0.25, 0.3) is 87.2 Å². The van der Waals surface area contributed by atoms with Gasteiger partial charge in [-0.15, -0.1) is 0 Å². The van der Waals surface area contributed by atoms with E-state index in [1.165, 1.54) is 109 Å². The second-order valence-electron chi connectivity index (χ2n) is 17.6. The molecule has 12 rings (SSSR count). The van der Waals surface area contributed by atoms with Crippen LogP contribution in [0.5, 0.6) is 0 Å². The number of fused-ring (bicyclic) bond motifs is 13. The number of hydrogen-bond donors (Lipinski definition) is 0. The maximum absolute atomic E-state index is 2.60. The topological polar surface area (TPSA) is 0 Å². The summed E-state index contributed by atoms with van der Waals surface area (Å²) in [7, 11) is 0. The normalized spacial score (nSPS) is 18.5. The summed E-state index contributed by atoms with van der Waals surface area (Å²) in [5, 5.41) is 13.0. The number of rotatable bonds is 2. The molecule has 0 amide bonds. The second kappa shape index (κ2) is 11.2. The van der Waals surface area contributed by atoms with Gasteiger partial charge in [0.2, 0.25) is 0 Å². The summed E-state index contributed by atoms with van der Waals surface area (Å²) < 4.78 is 0. The fourth-order valence-electron chi connectivity index (χ4n) is 11.4. The van der Waals surface area contributed by atoms with E-state index in [0.29, 0.717) is 11.8 Å². The molecular formula is C56H42. The van der Waals surface area contributed by atoms with E-state index >= 15 is 0 Å². The summed E-state index contributed by atoms with van der Waals surface area (Å²) in [6, 6.07) is 55.6. The molecule has 9 aromatic carbocycles. The Labute approximate surface area is 328 Å². The van der Waals surface area contributed by atoms with Gasteiger partial charge < -0.3 is 0 Å². The Morgan fingerprint density at radius 1 is 0.393 bits per heavy atom. The van der Waals surface area contributed by atoms with Crippen LogP contribution in [0.1, 0.15) is 55.9 Å². The average molecular weight is 715 g/mol. The van der Waals surface area contributed by atoms with E-state index in [0.717, 1.165) is 0 Å². The highest BCUT2D eigenvalue weighted by Crippen LogP contribution is 2.60. The van der Waals surface area contributed by atoms with Crippen molar-refractivity contribution in [2.24, 2.45) is 5.92 Å². The number of hydrogen-bond acceptors (Lipinski definition) is 0. The maximum atomic E-state index is 2.60. The van der Waals surface area contributed by atoms with Crippen molar-refractivity contribution < 1.29 is 0 Å². The van der Waals surface area contributed by atoms with E-state index in [1.807, 2.05) is 0 Å². The monoisotopic (exact) mass is 714 g/mol. The van der Waals surface area contributed by atoms with Crippen molar-refractivity contribution in [2.45, 2.75) is 44.4 Å². The molecule has 0 heteroatoms. The Balaban J connectivity index is 1.13. The zero-order chi connectivity index (χ0) is 37.5. The predicted molar refractivity (Wildman–Crippen MR) is 240 cm³/mol. The molecule has 9 aromatic rings. The van der Waals surface area contributed by atoms with E-state index in [4.69, 9.17) is 0 Å². The van der Waals surface area contributed by atoms with E-state index < -0.39 is 0 Å². The molecule has 266 valence electrons. The molecule has 3 aliphatic carbocycles. The Hall–Kier alpha value is -6.24. The molecule has 0 bridgehead atoms. The van der Waals surface area contributed by atoms with E-state index in [2.05, 4.69) is 198 Å². The standard InChI is InChI=1S/C56H42/c1-55(2)48-24-14-13-18-39(48)45-30-50-47(32-49(45)55)54-40-19-8-7-17-38(40)46(31-51(54)56(50,3)4)53-43-22-11-9-20-41(43)52(42-21-10-12-23-44(42)53)35-27-28-37-34(29-35)26-25-33-15-5-6-16-36(33)37/h5-32,39,48H,1-4H3. The van der Waals surface area contributed by atoms with Crippen LogP contribution in [0, 0.1) is 5.92 Å². The van der Waals surface area contributed by atoms with Crippen molar-refractivity contribution in [1.82, 2.24) is 0 Å². The molecule has 0 nitrogen and oxygen atoms in total. The molecule has 0 radical (unpaired) electrons. The molecule has 2 unspecified atom stereocenters. The third-order valence-electron chi connectivity index (χ3n) is 14.1. The first kappa shape index (κ1) is 32.0. The highest BCUT2D eigenvalue weighted by Gasteiger charge is 2.47. The van der Waals surface area contributed by atoms with Crippen molar-refractivity contribution in [2.75, 3.05) is 0 Å². The second-order valence-corrected chi connectivity index (χ2v) is 17.6. The summed E-state index contributed by atoms with van der Waals surface area (Å²) in [6.45, 7) is 9.82. The van der Waals surface area contributed by atoms with Crippen molar-refractivity contribution in [3.05, 3.63) is 192 Å². The molecule has 56 heavy (non-hydrogen) atoms. The Bertz CT molecular complexity index is 3200. The van der Waals surface area contributed by atoms with E-state index in [9.17, 15) is 0 Å². The van der Waals surface area contributed by atoms with E-state index in [-0.39, 0.29) is 10.8 Å². The van der Waals surface area contributed by atoms with Gasteiger partial charge in [0.25, 0.3) is 0 Å². The van der Waals surface area contributed by atoms with Gasteiger partial charge in [0, 0.05) is 11.3 Å². The van der Waals surface area contributed by atoms with Gasteiger partial charge in [0.1, 0.15) is 0 Å². The number of benzene rings is 9. The van der Waals surface area contributed by atoms with Gasteiger partial charge in [-0.25, -0.2) is 0 Å². The molecule has 0 saturated carbocycles. The van der Waals surface area contributed by atoms with Crippen molar-refractivity contribution >= 4 is 53.9 Å². The molecule has 0 spiro atoms. The minimum atomic E-state index is -0.157. The van der Waals surface area contributed by atoms with Gasteiger partial charge in [0.15, 0.2) is 0 Å². The molecule has 2 atom stereocenters. The summed E-state index contributed by atoms with van der Waals surface area (Å²) in [4.78, 5) is 0. The third-order valence-corrected chi connectivity index (χ3v) is 14.1. The number of allylic oxidation sites excluding steroid dienone is 4. The third kappa shape index (κ3) is 4.14. The molecule has 0 saturated heterocycles. The van der Waals surface area contributed by atoms with Crippen LogP contribution in [0.4, 0.5) is 0 Å². The lowest BCUT2D eigenvalue weighted by molar-refractivity contribution is 0.394. The Kier molecular flexibility index (Phi) is 6.40. The van der Waals surface area contributed by atoms with Crippen molar-refractivity contribution in [3.8, 4) is 33.4 Å². The first-order valence-corrected chi connectivity index (χ1v) is 20.3. The van der Waals surface area contributed by atoms with Gasteiger partial charge in [-0.3, -0.25) is 0 Å². The zero-order valence-corrected chi connectivity index (χ0v) is 32.3. The SMILES string of the molecule is CC1(C)c2cc3c(cc2-c2c1cc(-c1c4ccccc4c(-c4ccc5c(ccc6ccccc65)c4)c4ccccc14)c1ccccc21)C(C)(C)C1C=CC=CC31. The van der Waals surface area contributed by atoms with Crippen molar-refractivity contribution in [1.29, 1.82) is 0 Å². The largest absolute Gasteiger partial charge is 0.0796 e. The van der Waals surface area contributed by atoms with Crippen LogP contribution in [0.3, 0.4) is 0 Å². The molecular weight excluding hydrogens is 673 g/mol. The average Bonchev–Trinajstić information content (AvgIpc) is 3.60. The Morgan fingerprint density at radius 3 is 1.66 bits per heavy atom. The minimum Gasteiger partial charge on any atom is -0.0796 e. The smallest absolute Gasteiger partial charge is 0.0159 e. The highest BCUT2D eigenvalue weighted by molar-refractivity contribution is 6.25. The van der Waals surface area contributed by atoms with Crippen LogP contribution in [0.2, 0.25) is 0 Å². The van der Waals surface area contributed by atoms with Gasteiger partial charge in [-0.1, -0.05) is 179 Å². The fraction of sp³-hybridized carbons (Fsp3) is 0.143. The van der Waals surface area contributed by atoms with Gasteiger partial charge in [-0.2, -0.15) is 0 Å². The van der Waals surface area contributed by atoms with Crippen molar-refractivity contribution in [3.63, 3.8) is 0 Å². The van der Waals surface area contributed by atoms with Crippen LogP contribution in [-0.4, -0.2) is 0 Å². The fourth-order valence-corrected chi connectivity index (χ4v) is 11.4. The van der Waals surface area contributed by atoms with E-state index in [1.54, 1.807) is 0 Å². The summed E-state index contributed by atoms with van der Waals surface area (Å²) in [6.07, 6.45) is 9.38. The summed E-state index contributed by atoms with van der Waals surface area (Å²) in [5.74, 6) is 0.922. The maximum Gasteiger partial charge on any atom is 0.0159 e. The van der Waals surface area contributed by atoms with Gasteiger partial charge in [0.05, 0.1) is 0 Å². The lowest BCUT2D eigenvalue weighted by atomic mass is 9.74. The van der Waals surface area contributed by atoms with Gasteiger partial charge >= 0.3 is 0 Å². The molecule has 0 heterocycles. The first-order valence-electron chi connectivity index (χ1n) is 20.3. The molecule has 0 fully saturated rings. The molecule has 0 aromatic heterocycles. The Morgan fingerprint density at radius 2 is 0.946 bits per heavy atom. The molecule has 0 aliphatic heterocycles.